The molecule has 1 amide bonds. The Hall–Kier alpha value is -3.39. The Bertz CT molecular complexity index is 1340. The summed E-state index contributed by atoms with van der Waals surface area (Å²) in [6, 6.07) is 5.15. The van der Waals surface area contributed by atoms with Crippen LogP contribution in [0.15, 0.2) is 35.7 Å². The average molecular weight is 572 g/mol. The number of thiazole rings is 1. The number of carbonyl (C=O) groups is 2. The minimum atomic E-state index is -4.68. The highest BCUT2D eigenvalue weighted by molar-refractivity contribution is 7.12. The third-order valence-electron chi connectivity index (χ3n) is 6.26. The molecule has 0 unspecified atom stereocenters. The summed E-state index contributed by atoms with van der Waals surface area (Å²) >= 11 is 1.13. The molecule has 1 aliphatic heterocycles. The summed E-state index contributed by atoms with van der Waals surface area (Å²) in [5.41, 5.74) is -0.787. The van der Waals surface area contributed by atoms with Gasteiger partial charge in [-0.25, -0.2) is 18.4 Å². The van der Waals surface area contributed by atoms with Crippen molar-refractivity contribution in [3.8, 4) is 16.4 Å². The number of aromatic nitrogens is 3. The monoisotopic (exact) mass is 571 g/mol. The second-order valence-electron chi connectivity index (χ2n) is 9.43. The number of likely N-dealkylation sites (tertiary alicyclic amines) is 1. The second kappa shape index (κ2) is 11.4. The van der Waals surface area contributed by atoms with Crippen LogP contribution in [0.3, 0.4) is 0 Å². The fourth-order valence-electron chi connectivity index (χ4n) is 4.49. The lowest BCUT2D eigenvalue weighted by atomic mass is 10.0. The van der Waals surface area contributed by atoms with Crippen molar-refractivity contribution in [3.05, 3.63) is 52.7 Å². The van der Waals surface area contributed by atoms with E-state index in [4.69, 9.17) is 0 Å². The summed E-state index contributed by atoms with van der Waals surface area (Å²) in [5, 5.41) is 18.0. The highest BCUT2D eigenvalue weighted by Crippen LogP contribution is 2.38. The van der Waals surface area contributed by atoms with Gasteiger partial charge in [0.05, 0.1) is 29.9 Å². The number of aryl methyl sites for hydroxylation is 1. The van der Waals surface area contributed by atoms with E-state index >= 15 is 0 Å². The first kappa shape index (κ1) is 28.6. The number of amides is 1. The van der Waals surface area contributed by atoms with Crippen LogP contribution in [0.5, 0.6) is 0 Å². The molecule has 0 aliphatic carbocycles. The van der Waals surface area contributed by atoms with Crippen molar-refractivity contribution in [2.45, 2.75) is 50.7 Å². The maximum Gasteiger partial charge on any atom is 0.417 e. The third kappa shape index (κ3) is 7.18. The number of aliphatic carboxylic acids is 1. The predicted octanol–water partition coefficient (Wildman–Crippen LogP) is 5.02. The molecule has 210 valence electrons. The van der Waals surface area contributed by atoms with Crippen LogP contribution in [0.2, 0.25) is 0 Å². The van der Waals surface area contributed by atoms with Crippen LogP contribution in [-0.4, -0.2) is 68.2 Å². The molecule has 1 aliphatic rings. The summed E-state index contributed by atoms with van der Waals surface area (Å²) in [5.74, 6) is -4.83. The minimum Gasteiger partial charge on any atom is -0.481 e. The predicted molar refractivity (Wildman–Crippen MR) is 133 cm³/mol. The zero-order valence-corrected chi connectivity index (χ0v) is 21.7. The number of hydrogen-bond donors (Lipinski definition) is 2. The molecule has 1 fully saturated rings. The maximum absolute atomic E-state index is 13.8. The van der Waals surface area contributed by atoms with E-state index in [9.17, 15) is 36.6 Å². The smallest absolute Gasteiger partial charge is 0.417 e. The van der Waals surface area contributed by atoms with Crippen LogP contribution in [0.1, 0.15) is 47.4 Å². The first-order chi connectivity index (χ1) is 18.3. The zero-order valence-electron chi connectivity index (χ0n) is 20.8. The number of carbonyl (C=O) groups excluding carboxylic acids is 1. The Labute approximate surface area is 224 Å². The van der Waals surface area contributed by atoms with E-state index in [1.54, 1.807) is 12.3 Å². The van der Waals surface area contributed by atoms with Crippen LogP contribution in [0, 0.1) is 6.92 Å². The SMILES string of the molecule is Cc1csc(-n2nc(C(=O)N[C@@H](CCN3CCCC(F)(F)C3)CC(=O)O)cc2-c2ccccc2C(F)(F)F)n1. The molecule has 0 bridgehead atoms. The van der Waals surface area contributed by atoms with Gasteiger partial charge in [-0.05, 0) is 38.4 Å². The van der Waals surface area contributed by atoms with Gasteiger partial charge in [0.2, 0.25) is 5.13 Å². The molecule has 39 heavy (non-hydrogen) atoms. The molecular formula is C25H26F5N5O3S. The Morgan fingerprint density at radius 2 is 2.00 bits per heavy atom. The molecule has 2 N–H and O–H groups in total. The Balaban J connectivity index is 1.61. The van der Waals surface area contributed by atoms with Gasteiger partial charge in [0.15, 0.2) is 5.69 Å². The Morgan fingerprint density at radius 3 is 2.64 bits per heavy atom. The summed E-state index contributed by atoms with van der Waals surface area (Å²) in [6.45, 7) is 1.84. The molecule has 0 saturated carbocycles. The molecule has 1 aromatic carbocycles. The molecule has 4 rings (SSSR count). The van der Waals surface area contributed by atoms with Crippen molar-refractivity contribution in [3.63, 3.8) is 0 Å². The number of nitrogens with one attached hydrogen (secondary N) is 1. The highest BCUT2D eigenvalue weighted by Gasteiger charge is 2.36. The summed E-state index contributed by atoms with van der Waals surface area (Å²) < 4.78 is 70.0. The van der Waals surface area contributed by atoms with Crippen LogP contribution in [-0.2, 0) is 11.0 Å². The number of halogens is 5. The summed E-state index contributed by atoms with van der Waals surface area (Å²) in [7, 11) is 0. The van der Waals surface area contributed by atoms with Crippen molar-refractivity contribution in [2.75, 3.05) is 19.6 Å². The van der Waals surface area contributed by atoms with E-state index in [0.717, 1.165) is 22.1 Å². The molecule has 14 heteroatoms. The zero-order chi connectivity index (χ0) is 28.4. The van der Waals surface area contributed by atoms with Gasteiger partial charge in [-0.3, -0.25) is 14.5 Å². The number of carboxylic acid groups (broad SMARTS) is 1. The maximum atomic E-state index is 13.8. The van der Waals surface area contributed by atoms with E-state index < -0.39 is 48.5 Å². The van der Waals surface area contributed by atoms with Gasteiger partial charge in [-0.1, -0.05) is 18.2 Å². The second-order valence-corrected chi connectivity index (χ2v) is 10.3. The molecule has 2 aromatic heterocycles. The van der Waals surface area contributed by atoms with E-state index in [1.807, 2.05) is 0 Å². The summed E-state index contributed by atoms with van der Waals surface area (Å²) in [4.78, 5) is 30.4. The van der Waals surface area contributed by atoms with Gasteiger partial charge in [-0.15, -0.1) is 11.3 Å². The van der Waals surface area contributed by atoms with Crippen molar-refractivity contribution in [1.29, 1.82) is 0 Å². The molecule has 3 aromatic rings. The summed E-state index contributed by atoms with van der Waals surface area (Å²) in [6.07, 6.45) is -4.96. The molecule has 1 saturated heterocycles. The van der Waals surface area contributed by atoms with Crippen LogP contribution >= 0.6 is 11.3 Å². The largest absolute Gasteiger partial charge is 0.481 e. The van der Waals surface area contributed by atoms with Gasteiger partial charge in [0.1, 0.15) is 0 Å². The Kier molecular flexibility index (Phi) is 8.35. The van der Waals surface area contributed by atoms with E-state index in [0.29, 0.717) is 18.7 Å². The van der Waals surface area contributed by atoms with Crippen molar-refractivity contribution in [2.24, 2.45) is 0 Å². The topological polar surface area (TPSA) is 100 Å². The average Bonchev–Trinajstić information content (AvgIpc) is 3.47. The normalized spacial score (nSPS) is 16.7. The van der Waals surface area contributed by atoms with Gasteiger partial charge < -0.3 is 10.4 Å². The van der Waals surface area contributed by atoms with Crippen LogP contribution < -0.4 is 5.32 Å². The van der Waals surface area contributed by atoms with Crippen molar-refractivity contribution < 1.29 is 36.6 Å². The fraction of sp³-hybridized carbons (Fsp3) is 0.440. The minimum absolute atomic E-state index is 0.0206. The first-order valence-corrected chi connectivity index (χ1v) is 13.0. The number of alkyl halides is 5. The van der Waals surface area contributed by atoms with Gasteiger partial charge in [0, 0.05) is 30.0 Å². The van der Waals surface area contributed by atoms with Crippen molar-refractivity contribution >= 4 is 23.2 Å². The van der Waals surface area contributed by atoms with E-state index in [1.165, 1.54) is 29.2 Å². The number of piperidine rings is 1. The van der Waals surface area contributed by atoms with Gasteiger partial charge in [0.25, 0.3) is 11.8 Å². The molecule has 3 heterocycles. The Morgan fingerprint density at radius 1 is 1.26 bits per heavy atom. The third-order valence-corrected chi connectivity index (χ3v) is 7.19. The molecule has 1 atom stereocenters. The number of rotatable bonds is 9. The first-order valence-electron chi connectivity index (χ1n) is 12.1. The lowest BCUT2D eigenvalue weighted by Gasteiger charge is -2.33. The van der Waals surface area contributed by atoms with Gasteiger partial charge in [-0.2, -0.15) is 18.3 Å². The number of hydrogen-bond acceptors (Lipinski definition) is 6. The van der Waals surface area contributed by atoms with Crippen molar-refractivity contribution in [1.82, 2.24) is 25.0 Å². The molecule has 0 radical (unpaired) electrons. The fourth-order valence-corrected chi connectivity index (χ4v) is 5.26. The van der Waals surface area contributed by atoms with Crippen LogP contribution in [0.25, 0.3) is 16.4 Å². The lowest BCUT2D eigenvalue weighted by Crippen LogP contribution is -2.45. The molecular weight excluding hydrogens is 545 g/mol. The highest BCUT2D eigenvalue weighted by atomic mass is 32.1. The number of carboxylic acids is 1. The standard InChI is InChI=1S/C25H26F5N5O3S/c1-15-13-39-23(31-15)35-20(17-5-2-3-6-18(17)25(28,29)30)12-19(33-35)22(38)32-16(11-21(36)37)7-10-34-9-4-8-24(26,27)14-34/h2-3,5-6,12-13,16H,4,7-11,14H2,1H3,(H,32,38)(H,36,37)/t16-/m0/s1. The number of nitrogens with zero attached hydrogens (tertiary/aromatic N) is 4. The van der Waals surface area contributed by atoms with Gasteiger partial charge >= 0.3 is 12.1 Å². The van der Waals surface area contributed by atoms with Crippen LogP contribution in [0.4, 0.5) is 22.0 Å². The lowest BCUT2D eigenvalue weighted by molar-refractivity contribution is -0.138. The van der Waals surface area contributed by atoms with E-state index in [2.05, 4.69) is 15.4 Å². The molecule has 0 spiro atoms. The number of benzene rings is 1. The van der Waals surface area contributed by atoms with E-state index in [-0.39, 0.29) is 41.5 Å². The quantitative estimate of drug-likeness (QED) is 0.350. The molecule has 8 nitrogen and oxygen atoms in total.